The maximum absolute atomic E-state index is 13.8. The van der Waals surface area contributed by atoms with E-state index >= 15 is 0 Å². The van der Waals surface area contributed by atoms with E-state index < -0.39 is 5.82 Å². The van der Waals surface area contributed by atoms with Gasteiger partial charge in [0.15, 0.2) is 11.5 Å². The van der Waals surface area contributed by atoms with Gasteiger partial charge in [0.05, 0.1) is 24.3 Å². The molecule has 9 heteroatoms. The van der Waals surface area contributed by atoms with E-state index in [-0.39, 0.29) is 5.02 Å². The van der Waals surface area contributed by atoms with Crippen molar-refractivity contribution in [2.24, 2.45) is 11.8 Å². The van der Waals surface area contributed by atoms with Gasteiger partial charge in [0, 0.05) is 42.8 Å². The first kappa shape index (κ1) is 24.0. The zero-order valence-corrected chi connectivity index (χ0v) is 21.3. The van der Waals surface area contributed by atoms with Crippen molar-refractivity contribution in [1.29, 1.82) is 0 Å². The molecular weight excluding hydrogens is 469 g/mol. The number of nitrogens with zero attached hydrogens (tertiary/aromatic N) is 4. The molecule has 0 radical (unpaired) electrons. The monoisotopic (exact) mass is 499 g/mol. The highest BCUT2D eigenvalue weighted by Gasteiger charge is 2.56. The average Bonchev–Trinajstić information content (AvgIpc) is 3.37. The first-order valence-electron chi connectivity index (χ1n) is 11.9. The number of benzene rings is 2. The van der Waals surface area contributed by atoms with Gasteiger partial charge in [-0.15, -0.1) is 0 Å². The molecule has 1 aliphatic carbocycles. The van der Waals surface area contributed by atoms with Gasteiger partial charge in [0.2, 0.25) is 0 Å². The lowest BCUT2D eigenvalue weighted by molar-refractivity contribution is 0.222. The van der Waals surface area contributed by atoms with Crippen molar-refractivity contribution in [2.75, 3.05) is 52.8 Å². The molecule has 2 aliphatic rings. The molecule has 2 heterocycles. The van der Waals surface area contributed by atoms with E-state index in [4.69, 9.17) is 21.1 Å². The number of anilines is 2. The molecule has 3 aromatic rings. The Morgan fingerprint density at radius 2 is 1.94 bits per heavy atom. The molecule has 186 valence electrons. The number of hydrogen-bond acceptors (Lipinski definition) is 7. The lowest BCUT2D eigenvalue weighted by Gasteiger charge is -2.22. The van der Waals surface area contributed by atoms with Crippen LogP contribution >= 0.6 is 11.6 Å². The fourth-order valence-corrected chi connectivity index (χ4v) is 5.52. The number of likely N-dealkylation sites (tertiary alicyclic amines) is 1. The quantitative estimate of drug-likeness (QED) is 0.426. The number of hydrogen-bond donors (Lipinski definition) is 1. The zero-order valence-electron chi connectivity index (χ0n) is 20.5. The number of fused-ring (bicyclic) bond motifs is 2. The van der Waals surface area contributed by atoms with Crippen LogP contribution in [0.5, 0.6) is 11.5 Å². The SMILES string of the molecule is COc1cc2ncnc(Nc3ccc(F)c(Cl)c3C)c2cc1OCCCN1CC2C(C1)C2N(C)C. The Kier molecular flexibility index (Phi) is 6.70. The molecule has 7 nitrogen and oxygen atoms in total. The molecule has 1 saturated heterocycles. The molecular formula is C26H31ClFN5O2. The molecule has 0 bridgehead atoms. The van der Waals surface area contributed by atoms with Crippen LogP contribution in [0.15, 0.2) is 30.6 Å². The molecule has 2 unspecified atom stereocenters. The molecule has 5 rings (SSSR count). The topological polar surface area (TPSA) is 62.8 Å². The Labute approximate surface area is 210 Å². The van der Waals surface area contributed by atoms with E-state index in [1.807, 2.05) is 12.1 Å². The van der Waals surface area contributed by atoms with Crippen molar-refractivity contribution in [1.82, 2.24) is 19.8 Å². The predicted octanol–water partition coefficient (Wildman–Crippen LogP) is 4.74. The second kappa shape index (κ2) is 9.76. The molecule has 1 aliphatic heterocycles. The highest BCUT2D eigenvalue weighted by molar-refractivity contribution is 6.31. The van der Waals surface area contributed by atoms with Gasteiger partial charge < -0.3 is 24.6 Å². The molecule has 1 N–H and O–H groups in total. The van der Waals surface area contributed by atoms with Crippen LogP contribution in [0.1, 0.15) is 12.0 Å². The highest BCUT2D eigenvalue weighted by atomic mass is 35.5. The van der Waals surface area contributed by atoms with Crippen molar-refractivity contribution in [3.63, 3.8) is 0 Å². The van der Waals surface area contributed by atoms with Gasteiger partial charge in [-0.25, -0.2) is 14.4 Å². The summed E-state index contributed by atoms with van der Waals surface area (Å²) in [5.41, 5.74) is 2.00. The number of nitrogens with one attached hydrogen (secondary N) is 1. The molecule has 35 heavy (non-hydrogen) atoms. The smallest absolute Gasteiger partial charge is 0.162 e. The molecule has 2 atom stereocenters. The first-order valence-corrected chi connectivity index (χ1v) is 12.3. The van der Waals surface area contributed by atoms with Crippen molar-refractivity contribution in [3.05, 3.63) is 47.0 Å². The predicted molar refractivity (Wildman–Crippen MR) is 137 cm³/mol. The first-order chi connectivity index (χ1) is 16.9. The van der Waals surface area contributed by atoms with Gasteiger partial charge in [-0.1, -0.05) is 11.6 Å². The van der Waals surface area contributed by atoms with Gasteiger partial charge in [0.1, 0.15) is 18.0 Å². The van der Waals surface area contributed by atoms with E-state index in [0.29, 0.717) is 40.7 Å². The van der Waals surface area contributed by atoms with E-state index in [2.05, 4.69) is 39.2 Å². The Bertz CT molecular complexity index is 1230. The average molecular weight is 500 g/mol. The number of halogens is 2. The summed E-state index contributed by atoms with van der Waals surface area (Å²) in [6.07, 6.45) is 2.42. The fraction of sp³-hybridized carbons (Fsp3) is 0.462. The van der Waals surface area contributed by atoms with Crippen LogP contribution in [0.3, 0.4) is 0 Å². The van der Waals surface area contributed by atoms with E-state index in [0.717, 1.165) is 36.2 Å². The fourth-order valence-electron chi connectivity index (χ4n) is 5.35. The summed E-state index contributed by atoms with van der Waals surface area (Å²) < 4.78 is 25.5. The molecule has 0 amide bonds. The van der Waals surface area contributed by atoms with Crippen LogP contribution < -0.4 is 14.8 Å². The maximum Gasteiger partial charge on any atom is 0.162 e. The van der Waals surface area contributed by atoms with Gasteiger partial charge in [-0.05, 0) is 63.0 Å². The van der Waals surface area contributed by atoms with Crippen LogP contribution in [-0.4, -0.2) is 73.3 Å². The van der Waals surface area contributed by atoms with Gasteiger partial charge in [0.25, 0.3) is 0 Å². The Morgan fingerprint density at radius 3 is 2.66 bits per heavy atom. The number of aromatic nitrogens is 2. The summed E-state index contributed by atoms with van der Waals surface area (Å²) in [6.45, 7) is 5.76. The van der Waals surface area contributed by atoms with Gasteiger partial charge in [-0.3, -0.25) is 0 Å². The Balaban J connectivity index is 1.27. The number of piperidine rings is 1. The minimum Gasteiger partial charge on any atom is -0.493 e. The van der Waals surface area contributed by atoms with Crippen LogP contribution in [0.25, 0.3) is 10.9 Å². The third-order valence-electron chi connectivity index (χ3n) is 7.21. The molecule has 1 saturated carbocycles. The molecule has 2 fully saturated rings. The second-order valence-electron chi connectivity index (χ2n) is 9.64. The summed E-state index contributed by atoms with van der Waals surface area (Å²) in [6, 6.07) is 7.49. The second-order valence-corrected chi connectivity index (χ2v) is 10.0. The van der Waals surface area contributed by atoms with Crippen molar-refractivity contribution >= 4 is 34.0 Å². The van der Waals surface area contributed by atoms with Gasteiger partial charge in [-0.2, -0.15) is 0 Å². The summed E-state index contributed by atoms with van der Waals surface area (Å²) in [5, 5.41) is 4.13. The maximum atomic E-state index is 13.8. The minimum absolute atomic E-state index is 0.0894. The number of methoxy groups -OCH3 is 1. The van der Waals surface area contributed by atoms with Gasteiger partial charge >= 0.3 is 0 Å². The largest absolute Gasteiger partial charge is 0.493 e. The van der Waals surface area contributed by atoms with Crippen LogP contribution in [-0.2, 0) is 0 Å². The highest BCUT2D eigenvalue weighted by Crippen LogP contribution is 2.48. The lowest BCUT2D eigenvalue weighted by atomic mass is 10.1. The van der Waals surface area contributed by atoms with E-state index in [1.54, 1.807) is 20.1 Å². The lowest BCUT2D eigenvalue weighted by Crippen LogP contribution is -2.31. The standard InChI is InChI=1S/C26H31ClFN5O2/c1-15-20(7-6-19(28)24(15)27)31-26-16-10-23(22(34-4)11-21(16)29-14-30-26)35-9-5-8-33-12-17-18(13-33)25(17)32(2)3/h6-7,10-11,14,17-18,25H,5,8-9,12-13H2,1-4H3,(H,29,30,31). The van der Waals surface area contributed by atoms with E-state index in [1.165, 1.54) is 25.5 Å². The van der Waals surface area contributed by atoms with Crippen molar-refractivity contribution in [2.45, 2.75) is 19.4 Å². The summed E-state index contributed by atoms with van der Waals surface area (Å²) in [5.74, 6) is 3.06. The Morgan fingerprint density at radius 1 is 1.17 bits per heavy atom. The number of ether oxygens (including phenoxy) is 2. The summed E-state index contributed by atoms with van der Waals surface area (Å²) in [7, 11) is 5.98. The normalized spacial score (nSPS) is 21.4. The third kappa shape index (κ3) is 4.75. The van der Waals surface area contributed by atoms with Crippen molar-refractivity contribution < 1.29 is 13.9 Å². The van der Waals surface area contributed by atoms with Crippen molar-refractivity contribution in [3.8, 4) is 11.5 Å². The number of rotatable bonds is 9. The van der Waals surface area contributed by atoms with Crippen LogP contribution in [0.4, 0.5) is 15.9 Å². The summed E-state index contributed by atoms with van der Waals surface area (Å²) >= 11 is 6.09. The van der Waals surface area contributed by atoms with E-state index in [9.17, 15) is 4.39 Å². The minimum atomic E-state index is -0.453. The van der Waals surface area contributed by atoms with Crippen LogP contribution in [0.2, 0.25) is 5.02 Å². The zero-order chi connectivity index (χ0) is 24.7. The Hall–Kier alpha value is -2.68. The molecule has 2 aromatic carbocycles. The van der Waals surface area contributed by atoms with Crippen LogP contribution in [0, 0.1) is 24.6 Å². The molecule has 0 spiro atoms. The third-order valence-corrected chi connectivity index (χ3v) is 7.67. The summed E-state index contributed by atoms with van der Waals surface area (Å²) in [4.78, 5) is 13.7. The molecule has 1 aromatic heterocycles.